The SMILES string of the molecule is CC1C(=O)N([C@H]2CCN(C(=O)OC(C)(C)C)C2)c2ccccc21. The summed E-state index contributed by atoms with van der Waals surface area (Å²) < 4.78 is 5.43. The van der Waals surface area contributed by atoms with Gasteiger partial charge in [0.2, 0.25) is 5.91 Å². The number of para-hydroxylation sites is 1. The molecule has 0 saturated carbocycles. The zero-order valence-corrected chi connectivity index (χ0v) is 14.2. The fourth-order valence-electron chi connectivity index (χ4n) is 3.35. The van der Waals surface area contributed by atoms with Crippen LogP contribution in [0.5, 0.6) is 0 Å². The molecular formula is C18H24N2O3. The van der Waals surface area contributed by atoms with E-state index < -0.39 is 5.60 Å². The minimum atomic E-state index is -0.500. The number of benzene rings is 1. The molecule has 1 saturated heterocycles. The lowest BCUT2D eigenvalue weighted by atomic mass is 10.0. The van der Waals surface area contributed by atoms with Gasteiger partial charge in [0.25, 0.3) is 0 Å². The van der Waals surface area contributed by atoms with Crippen molar-refractivity contribution >= 4 is 17.7 Å². The van der Waals surface area contributed by atoms with Gasteiger partial charge in [0, 0.05) is 18.8 Å². The number of likely N-dealkylation sites (tertiary alicyclic amines) is 1. The van der Waals surface area contributed by atoms with Crippen molar-refractivity contribution in [1.29, 1.82) is 0 Å². The molecule has 124 valence electrons. The van der Waals surface area contributed by atoms with Gasteiger partial charge >= 0.3 is 6.09 Å². The Kier molecular flexibility index (Phi) is 3.82. The maximum atomic E-state index is 12.6. The Morgan fingerprint density at radius 1 is 1.26 bits per heavy atom. The zero-order valence-electron chi connectivity index (χ0n) is 14.2. The molecule has 5 nitrogen and oxygen atoms in total. The molecule has 0 N–H and O–H groups in total. The summed E-state index contributed by atoms with van der Waals surface area (Å²) in [5.41, 5.74) is 1.56. The third-order valence-corrected chi connectivity index (χ3v) is 4.45. The van der Waals surface area contributed by atoms with Crippen molar-refractivity contribution in [2.75, 3.05) is 18.0 Å². The Hall–Kier alpha value is -2.04. The lowest BCUT2D eigenvalue weighted by Crippen LogP contribution is -2.42. The van der Waals surface area contributed by atoms with Crippen LogP contribution in [0.25, 0.3) is 0 Å². The van der Waals surface area contributed by atoms with E-state index in [0.717, 1.165) is 17.7 Å². The highest BCUT2D eigenvalue weighted by Gasteiger charge is 2.41. The van der Waals surface area contributed by atoms with E-state index in [-0.39, 0.29) is 24.0 Å². The topological polar surface area (TPSA) is 49.9 Å². The lowest BCUT2D eigenvalue weighted by Gasteiger charge is -2.27. The number of hydrogen-bond acceptors (Lipinski definition) is 3. The standard InChI is InChI=1S/C18H24N2O3/c1-12-14-7-5-6-8-15(14)20(16(12)21)13-9-10-19(11-13)17(22)23-18(2,3)4/h5-8,12-13H,9-11H2,1-4H3/t12?,13-/m0/s1. The number of anilines is 1. The minimum absolute atomic E-state index is 0.0288. The number of rotatable bonds is 1. The molecule has 0 aliphatic carbocycles. The van der Waals surface area contributed by atoms with Gasteiger partial charge in [-0.1, -0.05) is 18.2 Å². The lowest BCUT2D eigenvalue weighted by molar-refractivity contribution is -0.119. The van der Waals surface area contributed by atoms with Gasteiger partial charge in [-0.2, -0.15) is 0 Å². The van der Waals surface area contributed by atoms with Crippen LogP contribution in [0.15, 0.2) is 24.3 Å². The molecule has 2 atom stereocenters. The Bertz CT molecular complexity index is 635. The fraction of sp³-hybridized carbons (Fsp3) is 0.556. The molecule has 2 aliphatic heterocycles. The molecular weight excluding hydrogens is 292 g/mol. The summed E-state index contributed by atoms with van der Waals surface area (Å²) in [5, 5.41) is 0. The van der Waals surface area contributed by atoms with Crippen LogP contribution < -0.4 is 4.90 Å². The first-order valence-corrected chi connectivity index (χ1v) is 8.18. The van der Waals surface area contributed by atoms with Crippen molar-refractivity contribution in [3.63, 3.8) is 0 Å². The molecule has 1 fully saturated rings. The number of fused-ring (bicyclic) bond motifs is 1. The van der Waals surface area contributed by atoms with Crippen molar-refractivity contribution in [3.8, 4) is 0 Å². The van der Waals surface area contributed by atoms with E-state index in [4.69, 9.17) is 4.74 Å². The van der Waals surface area contributed by atoms with Gasteiger partial charge < -0.3 is 14.5 Å². The first-order chi connectivity index (χ1) is 10.8. The number of amides is 2. The summed E-state index contributed by atoms with van der Waals surface area (Å²) in [6.45, 7) is 8.69. The van der Waals surface area contributed by atoms with Crippen LogP contribution in [0.3, 0.4) is 0 Å². The summed E-state index contributed by atoms with van der Waals surface area (Å²) in [6, 6.07) is 7.96. The van der Waals surface area contributed by atoms with Crippen molar-refractivity contribution in [2.24, 2.45) is 0 Å². The molecule has 2 aliphatic rings. The second-order valence-electron chi connectivity index (χ2n) is 7.36. The molecule has 23 heavy (non-hydrogen) atoms. The van der Waals surface area contributed by atoms with Crippen molar-refractivity contribution in [2.45, 2.75) is 51.7 Å². The Balaban J connectivity index is 1.75. The second-order valence-corrected chi connectivity index (χ2v) is 7.36. The van der Waals surface area contributed by atoms with E-state index in [1.54, 1.807) is 4.90 Å². The van der Waals surface area contributed by atoms with Crippen LogP contribution in [0.2, 0.25) is 0 Å². The Morgan fingerprint density at radius 2 is 1.96 bits per heavy atom. The van der Waals surface area contributed by atoms with E-state index in [1.165, 1.54) is 0 Å². The molecule has 1 unspecified atom stereocenters. The smallest absolute Gasteiger partial charge is 0.410 e. The highest BCUT2D eigenvalue weighted by Crippen LogP contribution is 2.39. The average molecular weight is 316 g/mol. The highest BCUT2D eigenvalue weighted by molar-refractivity contribution is 6.05. The largest absolute Gasteiger partial charge is 0.444 e. The molecule has 0 bridgehead atoms. The quantitative estimate of drug-likeness (QED) is 0.800. The van der Waals surface area contributed by atoms with E-state index in [2.05, 4.69) is 0 Å². The predicted molar refractivity (Wildman–Crippen MR) is 88.6 cm³/mol. The van der Waals surface area contributed by atoms with Gasteiger partial charge in [0.1, 0.15) is 5.60 Å². The molecule has 3 rings (SSSR count). The molecule has 1 aromatic carbocycles. The number of ether oxygens (including phenoxy) is 1. The number of nitrogens with zero attached hydrogens (tertiary/aromatic N) is 2. The highest BCUT2D eigenvalue weighted by atomic mass is 16.6. The van der Waals surface area contributed by atoms with Crippen LogP contribution in [0, 0.1) is 0 Å². The van der Waals surface area contributed by atoms with Crippen molar-refractivity contribution in [1.82, 2.24) is 4.90 Å². The summed E-state index contributed by atoms with van der Waals surface area (Å²) in [4.78, 5) is 28.4. The number of carbonyl (C=O) groups is 2. The van der Waals surface area contributed by atoms with Crippen molar-refractivity contribution in [3.05, 3.63) is 29.8 Å². The van der Waals surface area contributed by atoms with Crippen LogP contribution in [0.4, 0.5) is 10.5 Å². The summed E-state index contributed by atoms with van der Waals surface area (Å²) in [6.07, 6.45) is 0.486. The summed E-state index contributed by atoms with van der Waals surface area (Å²) in [7, 11) is 0. The molecule has 5 heteroatoms. The van der Waals surface area contributed by atoms with Crippen molar-refractivity contribution < 1.29 is 14.3 Å². The molecule has 1 aromatic rings. The predicted octanol–water partition coefficient (Wildman–Crippen LogP) is 3.15. The number of hydrogen-bond donors (Lipinski definition) is 0. The van der Waals surface area contributed by atoms with E-state index >= 15 is 0 Å². The first-order valence-electron chi connectivity index (χ1n) is 8.18. The summed E-state index contributed by atoms with van der Waals surface area (Å²) in [5.74, 6) is 0.0176. The van der Waals surface area contributed by atoms with Gasteiger partial charge in [0.15, 0.2) is 0 Å². The molecule has 2 amide bonds. The fourth-order valence-corrected chi connectivity index (χ4v) is 3.35. The monoisotopic (exact) mass is 316 g/mol. The normalized spacial score (nSPS) is 24.1. The van der Waals surface area contributed by atoms with E-state index in [1.807, 2.05) is 56.9 Å². The average Bonchev–Trinajstić information content (AvgIpc) is 3.03. The zero-order chi connectivity index (χ0) is 16.8. The van der Waals surface area contributed by atoms with Gasteiger partial charge in [0.05, 0.1) is 12.0 Å². The first kappa shape index (κ1) is 15.8. The molecule has 0 radical (unpaired) electrons. The van der Waals surface area contributed by atoms with Crippen LogP contribution >= 0.6 is 0 Å². The molecule has 2 heterocycles. The van der Waals surface area contributed by atoms with Crippen LogP contribution in [0.1, 0.15) is 45.6 Å². The van der Waals surface area contributed by atoms with Gasteiger partial charge in [-0.25, -0.2) is 4.79 Å². The molecule has 0 aromatic heterocycles. The summed E-state index contributed by atoms with van der Waals surface area (Å²) >= 11 is 0. The van der Waals surface area contributed by atoms with Gasteiger partial charge in [-0.3, -0.25) is 4.79 Å². The third-order valence-electron chi connectivity index (χ3n) is 4.45. The van der Waals surface area contributed by atoms with Crippen LogP contribution in [-0.4, -0.2) is 41.6 Å². The Morgan fingerprint density at radius 3 is 2.65 bits per heavy atom. The number of carbonyl (C=O) groups excluding carboxylic acids is 2. The van der Waals surface area contributed by atoms with E-state index in [9.17, 15) is 9.59 Å². The third kappa shape index (κ3) is 2.92. The Labute approximate surface area is 137 Å². The second kappa shape index (κ2) is 5.55. The maximum Gasteiger partial charge on any atom is 0.410 e. The van der Waals surface area contributed by atoms with Gasteiger partial charge in [-0.05, 0) is 45.7 Å². The molecule has 0 spiro atoms. The van der Waals surface area contributed by atoms with Crippen LogP contribution in [-0.2, 0) is 9.53 Å². The van der Waals surface area contributed by atoms with Gasteiger partial charge in [-0.15, -0.1) is 0 Å². The minimum Gasteiger partial charge on any atom is -0.444 e. The maximum absolute atomic E-state index is 12.6. The van der Waals surface area contributed by atoms with E-state index in [0.29, 0.717) is 13.1 Å².